The first-order valence-electron chi connectivity index (χ1n) is 15.5. The predicted molar refractivity (Wildman–Crippen MR) is 194 cm³/mol. The Bertz CT molecular complexity index is 1880. The molecule has 0 aliphatic carbocycles. The zero-order valence-corrected chi connectivity index (χ0v) is 30.7. The monoisotopic (exact) mass is 725 g/mol. The molecule has 2 amide bonds. The van der Waals surface area contributed by atoms with E-state index in [0.29, 0.717) is 21.4 Å². The van der Waals surface area contributed by atoms with Crippen molar-refractivity contribution in [2.45, 2.75) is 57.1 Å². The van der Waals surface area contributed by atoms with Crippen LogP contribution in [0.2, 0.25) is 10.0 Å². The van der Waals surface area contributed by atoms with Crippen LogP contribution in [-0.4, -0.2) is 57.5 Å². The number of nitrogens with zero attached hydrogens (tertiary/aromatic N) is 2. The summed E-state index contributed by atoms with van der Waals surface area (Å²) < 4.78 is 40.6. The Morgan fingerprint density at radius 3 is 2.10 bits per heavy atom. The van der Waals surface area contributed by atoms with Crippen LogP contribution in [0.25, 0.3) is 0 Å². The minimum atomic E-state index is -4.37. The quantitative estimate of drug-likeness (QED) is 0.158. The molecular weight excluding hydrogens is 685 g/mol. The maximum absolute atomic E-state index is 14.7. The summed E-state index contributed by atoms with van der Waals surface area (Å²) in [6, 6.07) is 24.2. The largest absolute Gasteiger partial charge is 0.493 e. The zero-order valence-electron chi connectivity index (χ0n) is 28.4. The van der Waals surface area contributed by atoms with Crippen LogP contribution in [0.3, 0.4) is 0 Å². The Balaban J connectivity index is 1.86. The highest BCUT2D eigenvalue weighted by Gasteiger charge is 2.36. The van der Waals surface area contributed by atoms with Gasteiger partial charge in [-0.15, -0.1) is 0 Å². The van der Waals surface area contributed by atoms with Crippen molar-refractivity contribution in [1.82, 2.24) is 10.2 Å². The number of hydrogen-bond acceptors (Lipinski definition) is 6. The van der Waals surface area contributed by atoms with Crippen LogP contribution in [0, 0.1) is 6.92 Å². The fourth-order valence-corrected chi connectivity index (χ4v) is 7.08. The summed E-state index contributed by atoms with van der Waals surface area (Å²) in [5.74, 6) is -0.473. The molecule has 9 nitrogen and oxygen atoms in total. The minimum Gasteiger partial charge on any atom is -0.493 e. The van der Waals surface area contributed by atoms with E-state index in [1.165, 1.54) is 37.3 Å². The molecule has 0 aliphatic rings. The van der Waals surface area contributed by atoms with Gasteiger partial charge in [0, 0.05) is 34.6 Å². The summed E-state index contributed by atoms with van der Waals surface area (Å²) in [6.45, 7) is 6.70. The summed E-state index contributed by atoms with van der Waals surface area (Å²) in [4.78, 5) is 30.0. The summed E-state index contributed by atoms with van der Waals surface area (Å²) >= 11 is 12.8. The fourth-order valence-electron chi connectivity index (χ4n) is 5.18. The molecule has 0 aliphatic heterocycles. The van der Waals surface area contributed by atoms with Gasteiger partial charge in [0.2, 0.25) is 11.8 Å². The van der Waals surface area contributed by atoms with E-state index in [-0.39, 0.29) is 29.3 Å². The molecule has 4 rings (SSSR count). The lowest BCUT2D eigenvalue weighted by molar-refractivity contribution is -0.140. The Hall–Kier alpha value is -4.25. The summed E-state index contributed by atoms with van der Waals surface area (Å²) in [5, 5.41) is 3.72. The molecule has 0 saturated heterocycles. The van der Waals surface area contributed by atoms with Crippen LogP contribution in [-0.2, 0) is 32.6 Å². The zero-order chi connectivity index (χ0) is 35.9. The third-order valence-corrected chi connectivity index (χ3v) is 10.0. The molecule has 1 unspecified atom stereocenters. The number of sulfonamides is 1. The molecule has 4 aromatic carbocycles. The standard InChI is InChI=1S/C37H41Cl2N3O6S/c1-25-12-16-29(17-13-25)42(49(45,46)30-18-19-33(47-5)34(22-30)48-6)24-35(43)41(23-27-14-15-28(38)21-31(27)39)32(36(44)40-37(2,3)4)20-26-10-8-7-9-11-26/h7-19,21-22,32H,20,23-24H2,1-6H3,(H,40,44). The van der Waals surface area contributed by atoms with E-state index in [9.17, 15) is 18.0 Å². The van der Waals surface area contributed by atoms with Crippen molar-refractivity contribution in [3.05, 3.63) is 118 Å². The highest BCUT2D eigenvalue weighted by molar-refractivity contribution is 7.92. The van der Waals surface area contributed by atoms with E-state index >= 15 is 0 Å². The number of carbonyl (C=O) groups excluding carboxylic acids is 2. The number of benzene rings is 4. The van der Waals surface area contributed by atoms with Gasteiger partial charge in [-0.25, -0.2) is 8.42 Å². The van der Waals surface area contributed by atoms with Crippen molar-refractivity contribution in [3.63, 3.8) is 0 Å². The van der Waals surface area contributed by atoms with Crippen molar-refractivity contribution in [1.29, 1.82) is 0 Å². The van der Waals surface area contributed by atoms with Gasteiger partial charge in [-0.3, -0.25) is 13.9 Å². The second kappa shape index (κ2) is 16.0. The summed E-state index contributed by atoms with van der Waals surface area (Å²) in [6.07, 6.45) is 0.159. The lowest BCUT2D eigenvalue weighted by atomic mass is 10.0. The number of methoxy groups -OCH3 is 2. The highest BCUT2D eigenvalue weighted by Crippen LogP contribution is 2.33. The van der Waals surface area contributed by atoms with E-state index in [0.717, 1.165) is 15.4 Å². The Labute approximate surface area is 298 Å². The number of ether oxygens (including phenoxy) is 2. The third-order valence-electron chi connectivity index (χ3n) is 7.67. The average Bonchev–Trinajstić information content (AvgIpc) is 3.05. The smallest absolute Gasteiger partial charge is 0.264 e. The van der Waals surface area contributed by atoms with Gasteiger partial charge in [0.1, 0.15) is 12.6 Å². The van der Waals surface area contributed by atoms with E-state index < -0.39 is 40.0 Å². The SMILES string of the molecule is COc1ccc(S(=O)(=O)N(CC(=O)N(Cc2ccc(Cl)cc2Cl)C(Cc2ccccc2)C(=O)NC(C)(C)C)c2ccc(C)cc2)cc1OC. The fraction of sp³-hybridized carbons (Fsp3) is 0.297. The van der Waals surface area contributed by atoms with Gasteiger partial charge in [-0.05, 0) is 75.2 Å². The number of hydrogen-bond donors (Lipinski definition) is 1. The lowest BCUT2D eigenvalue weighted by Gasteiger charge is -2.35. The van der Waals surface area contributed by atoms with Crippen LogP contribution >= 0.6 is 23.2 Å². The molecule has 49 heavy (non-hydrogen) atoms. The first-order valence-corrected chi connectivity index (χ1v) is 17.7. The molecule has 1 atom stereocenters. The van der Waals surface area contributed by atoms with Crippen molar-refractivity contribution in [3.8, 4) is 11.5 Å². The number of rotatable bonds is 13. The average molecular weight is 727 g/mol. The molecule has 0 spiro atoms. The topological polar surface area (TPSA) is 105 Å². The highest BCUT2D eigenvalue weighted by atomic mass is 35.5. The number of carbonyl (C=O) groups is 2. The maximum Gasteiger partial charge on any atom is 0.264 e. The van der Waals surface area contributed by atoms with Gasteiger partial charge in [0.25, 0.3) is 10.0 Å². The van der Waals surface area contributed by atoms with Gasteiger partial charge in [-0.2, -0.15) is 0 Å². The number of halogens is 2. The van der Waals surface area contributed by atoms with Gasteiger partial charge in [0.05, 0.1) is 24.8 Å². The van der Waals surface area contributed by atoms with Gasteiger partial charge in [0.15, 0.2) is 11.5 Å². The first-order chi connectivity index (χ1) is 23.1. The predicted octanol–water partition coefficient (Wildman–Crippen LogP) is 7.07. The van der Waals surface area contributed by atoms with Crippen molar-refractivity contribution in [2.75, 3.05) is 25.1 Å². The van der Waals surface area contributed by atoms with Gasteiger partial charge >= 0.3 is 0 Å². The van der Waals surface area contributed by atoms with Crippen molar-refractivity contribution < 1.29 is 27.5 Å². The normalized spacial score (nSPS) is 12.2. The molecule has 0 fully saturated rings. The van der Waals surface area contributed by atoms with Gasteiger partial charge < -0.3 is 19.7 Å². The van der Waals surface area contributed by atoms with Crippen molar-refractivity contribution in [2.24, 2.45) is 0 Å². The lowest BCUT2D eigenvalue weighted by Crippen LogP contribution is -2.56. The first kappa shape index (κ1) is 37.6. The van der Waals surface area contributed by atoms with Crippen LogP contribution in [0.5, 0.6) is 11.5 Å². The van der Waals surface area contributed by atoms with Crippen molar-refractivity contribution >= 4 is 50.7 Å². The molecule has 12 heteroatoms. The van der Waals surface area contributed by atoms with Crippen LogP contribution in [0.4, 0.5) is 5.69 Å². The van der Waals surface area contributed by atoms with E-state index in [1.807, 2.05) is 58.0 Å². The van der Waals surface area contributed by atoms with Crippen LogP contribution < -0.4 is 19.1 Å². The number of anilines is 1. The number of amides is 2. The molecule has 0 saturated carbocycles. The minimum absolute atomic E-state index is 0.0952. The van der Waals surface area contributed by atoms with Crippen LogP contribution in [0.15, 0.2) is 95.9 Å². The number of nitrogens with one attached hydrogen (secondary N) is 1. The number of aryl methyl sites for hydroxylation is 1. The molecule has 260 valence electrons. The molecule has 4 aromatic rings. The molecule has 1 N–H and O–H groups in total. The van der Waals surface area contributed by atoms with E-state index in [4.69, 9.17) is 32.7 Å². The van der Waals surface area contributed by atoms with Gasteiger partial charge in [-0.1, -0.05) is 77.3 Å². The Morgan fingerprint density at radius 2 is 1.51 bits per heavy atom. The van der Waals surface area contributed by atoms with E-state index in [1.54, 1.807) is 42.5 Å². The molecule has 0 radical (unpaired) electrons. The maximum atomic E-state index is 14.7. The Kier molecular flexibility index (Phi) is 12.2. The molecule has 0 bridgehead atoms. The molecular formula is C37H41Cl2N3O6S. The second-order valence-electron chi connectivity index (χ2n) is 12.6. The summed E-state index contributed by atoms with van der Waals surface area (Å²) in [7, 11) is -1.51. The third kappa shape index (κ3) is 9.68. The second-order valence-corrected chi connectivity index (χ2v) is 15.3. The molecule has 0 aromatic heterocycles. The van der Waals surface area contributed by atoms with E-state index in [2.05, 4.69) is 5.32 Å². The summed E-state index contributed by atoms with van der Waals surface area (Å²) in [5.41, 5.74) is 1.88. The molecule has 0 heterocycles. The Morgan fingerprint density at radius 1 is 0.857 bits per heavy atom. The van der Waals surface area contributed by atoms with Crippen LogP contribution in [0.1, 0.15) is 37.5 Å².